The Morgan fingerprint density at radius 3 is 2.64 bits per heavy atom. The van der Waals surface area contributed by atoms with E-state index >= 15 is 0 Å². The Bertz CT molecular complexity index is 754. The molecule has 0 bridgehead atoms. The van der Waals surface area contributed by atoms with Crippen LogP contribution in [0.3, 0.4) is 0 Å². The van der Waals surface area contributed by atoms with Crippen LogP contribution < -0.4 is 5.32 Å². The van der Waals surface area contributed by atoms with Crippen LogP contribution in [0, 0.1) is 20.8 Å². The molecule has 2 heterocycles. The highest BCUT2D eigenvalue weighted by molar-refractivity contribution is 5.56. The van der Waals surface area contributed by atoms with Gasteiger partial charge >= 0.3 is 0 Å². The number of hydrogen-bond acceptors (Lipinski definition) is 5. The smallest absolute Gasteiger partial charge is 0.216 e. The van der Waals surface area contributed by atoms with E-state index in [1.165, 1.54) is 11.1 Å². The Hall–Kier alpha value is -2.63. The number of nitrogens with zero attached hydrogens (tertiary/aromatic N) is 4. The lowest BCUT2D eigenvalue weighted by atomic mass is 10.1. The summed E-state index contributed by atoms with van der Waals surface area (Å²) in [6, 6.07) is 6.25. The zero-order valence-electron chi connectivity index (χ0n) is 13.0. The Labute approximate surface area is 129 Å². The quantitative estimate of drug-likeness (QED) is 0.784. The van der Waals surface area contributed by atoms with Crippen molar-refractivity contribution >= 4 is 5.69 Å². The number of aryl methyl sites for hydroxylation is 3. The van der Waals surface area contributed by atoms with E-state index in [1.54, 1.807) is 10.9 Å². The van der Waals surface area contributed by atoms with Gasteiger partial charge in [0.2, 0.25) is 5.89 Å². The summed E-state index contributed by atoms with van der Waals surface area (Å²) in [5.74, 6) is 1.43. The summed E-state index contributed by atoms with van der Waals surface area (Å²) in [4.78, 5) is 4.17. The minimum absolute atomic E-state index is 0.490. The van der Waals surface area contributed by atoms with Gasteiger partial charge in [-0.15, -0.1) is 5.10 Å². The predicted octanol–water partition coefficient (Wildman–Crippen LogP) is 2.85. The molecule has 0 saturated heterocycles. The fraction of sp³-hybridized carbons (Fsp3) is 0.312. The van der Waals surface area contributed by atoms with Gasteiger partial charge < -0.3 is 9.73 Å². The van der Waals surface area contributed by atoms with Crippen molar-refractivity contribution in [3.8, 4) is 0 Å². The second-order valence-electron chi connectivity index (χ2n) is 5.39. The van der Waals surface area contributed by atoms with Crippen LogP contribution in [0.1, 0.15) is 28.5 Å². The number of anilines is 1. The molecule has 0 saturated carbocycles. The number of para-hydroxylation sites is 1. The van der Waals surface area contributed by atoms with Crippen molar-refractivity contribution in [3.05, 3.63) is 59.1 Å². The molecule has 0 aliphatic carbocycles. The van der Waals surface area contributed by atoms with Crippen LogP contribution in [0.2, 0.25) is 0 Å². The zero-order valence-corrected chi connectivity index (χ0v) is 13.0. The average Bonchev–Trinajstić information content (AvgIpc) is 3.08. The second-order valence-corrected chi connectivity index (χ2v) is 5.39. The van der Waals surface area contributed by atoms with E-state index in [4.69, 9.17) is 4.42 Å². The molecular weight excluding hydrogens is 278 g/mol. The van der Waals surface area contributed by atoms with E-state index in [0.29, 0.717) is 19.0 Å². The third kappa shape index (κ3) is 3.16. The Morgan fingerprint density at radius 2 is 1.95 bits per heavy atom. The van der Waals surface area contributed by atoms with Gasteiger partial charge in [-0.2, -0.15) is 0 Å². The lowest BCUT2D eigenvalue weighted by Gasteiger charge is -2.10. The first kappa shape index (κ1) is 14.3. The molecule has 6 heteroatoms. The SMILES string of the molecule is Cc1cnc(Cn2cc(CNc3c(C)cccc3C)nn2)o1. The molecule has 3 aromatic rings. The summed E-state index contributed by atoms with van der Waals surface area (Å²) in [5, 5.41) is 11.7. The van der Waals surface area contributed by atoms with Gasteiger partial charge in [-0.25, -0.2) is 9.67 Å². The maximum absolute atomic E-state index is 5.44. The minimum atomic E-state index is 0.490. The van der Waals surface area contributed by atoms with Crippen LogP contribution in [-0.2, 0) is 13.1 Å². The van der Waals surface area contributed by atoms with Crippen LogP contribution in [0.25, 0.3) is 0 Å². The fourth-order valence-electron chi connectivity index (χ4n) is 2.38. The molecule has 0 unspecified atom stereocenters. The predicted molar refractivity (Wildman–Crippen MR) is 83.6 cm³/mol. The van der Waals surface area contributed by atoms with Crippen molar-refractivity contribution in [1.82, 2.24) is 20.0 Å². The number of oxazole rings is 1. The molecule has 0 amide bonds. The highest BCUT2D eigenvalue weighted by atomic mass is 16.4. The summed E-state index contributed by atoms with van der Waals surface area (Å²) in [5.41, 5.74) is 4.48. The molecule has 1 aromatic carbocycles. The van der Waals surface area contributed by atoms with Crippen LogP contribution in [0.5, 0.6) is 0 Å². The van der Waals surface area contributed by atoms with E-state index in [1.807, 2.05) is 13.1 Å². The Kier molecular flexibility index (Phi) is 3.91. The van der Waals surface area contributed by atoms with Gasteiger partial charge in [-0.3, -0.25) is 0 Å². The van der Waals surface area contributed by atoms with Crippen LogP contribution in [-0.4, -0.2) is 20.0 Å². The largest absolute Gasteiger partial charge is 0.444 e. The molecule has 0 radical (unpaired) electrons. The summed E-state index contributed by atoms with van der Waals surface area (Å²) in [6.07, 6.45) is 3.61. The van der Waals surface area contributed by atoms with Gasteiger partial charge in [0.05, 0.1) is 18.9 Å². The minimum Gasteiger partial charge on any atom is -0.444 e. The molecule has 2 aromatic heterocycles. The maximum Gasteiger partial charge on any atom is 0.216 e. The molecule has 6 nitrogen and oxygen atoms in total. The fourth-order valence-corrected chi connectivity index (χ4v) is 2.38. The maximum atomic E-state index is 5.44. The molecular formula is C16H19N5O. The van der Waals surface area contributed by atoms with Gasteiger partial charge in [0, 0.05) is 5.69 Å². The van der Waals surface area contributed by atoms with E-state index in [9.17, 15) is 0 Å². The number of rotatable bonds is 5. The van der Waals surface area contributed by atoms with E-state index in [-0.39, 0.29) is 0 Å². The van der Waals surface area contributed by atoms with Gasteiger partial charge in [-0.05, 0) is 31.9 Å². The average molecular weight is 297 g/mol. The number of aromatic nitrogens is 4. The molecule has 0 aliphatic heterocycles. The summed E-state index contributed by atoms with van der Waals surface area (Å²) < 4.78 is 7.17. The molecule has 3 rings (SSSR count). The first-order valence-corrected chi connectivity index (χ1v) is 7.22. The lowest BCUT2D eigenvalue weighted by Crippen LogP contribution is -2.03. The van der Waals surface area contributed by atoms with E-state index in [2.05, 4.69) is 52.7 Å². The third-order valence-corrected chi connectivity index (χ3v) is 3.48. The van der Waals surface area contributed by atoms with Gasteiger partial charge in [0.1, 0.15) is 18.0 Å². The van der Waals surface area contributed by atoms with Crippen LogP contribution in [0.4, 0.5) is 5.69 Å². The molecule has 0 fully saturated rings. The highest BCUT2D eigenvalue weighted by Crippen LogP contribution is 2.19. The standard InChI is InChI=1S/C16H19N5O/c1-11-5-4-6-12(2)16(11)18-8-14-9-21(20-19-14)10-15-17-7-13(3)22-15/h4-7,9,18H,8,10H2,1-3H3. The first-order valence-electron chi connectivity index (χ1n) is 7.22. The topological polar surface area (TPSA) is 68.8 Å². The molecule has 22 heavy (non-hydrogen) atoms. The molecule has 0 atom stereocenters. The van der Waals surface area contributed by atoms with E-state index < -0.39 is 0 Å². The second kappa shape index (κ2) is 6.01. The molecule has 1 N–H and O–H groups in total. The van der Waals surface area contributed by atoms with Gasteiger partial charge in [0.15, 0.2) is 0 Å². The van der Waals surface area contributed by atoms with Crippen LogP contribution in [0.15, 0.2) is 35.0 Å². The number of hydrogen-bond donors (Lipinski definition) is 1. The van der Waals surface area contributed by atoms with Gasteiger partial charge in [0.25, 0.3) is 0 Å². The van der Waals surface area contributed by atoms with Crippen molar-refractivity contribution in [1.29, 1.82) is 0 Å². The van der Waals surface area contributed by atoms with Crippen molar-refractivity contribution < 1.29 is 4.42 Å². The van der Waals surface area contributed by atoms with Crippen molar-refractivity contribution in [2.24, 2.45) is 0 Å². The van der Waals surface area contributed by atoms with Crippen molar-refractivity contribution in [3.63, 3.8) is 0 Å². The van der Waals surface area contributed by atoms with Crippen LogP contribution >= 0.6 is 0 Å². The Morgan fingerprint density at radius 1 is 1.18 bits per heavy atom. The number of benzene rings is 1. The van der Waals surface area contributed by atoms with Crippen molar-refractivity contribution in [2.75, 3.05) is 5.32 Å². The summed E-state index contributed by atoms with van der Waals surface area (Å²) in [7, 11) is 0. The van der Waals surface area contributed by atoms with Crippen molar-refractivity contribution in [2.45, 2.75) is 33.9 Å². The monoisotopic (exact) mass is 297 g/mol. The molecule has 0 aliphatic rings. The Balaban J connectivity index is 1.64. The zero-order chi connectivity index (χ0) is 15.5. The summed E-state index contributed by atoms with van der Waals surface area (Å²) >= 11 is 0. The van der Waals surface area contributed by atoms with Gasteiger partial charge in [-0.1, -0.05) is 23.4 Å². The summed E-state index contributed by atoms with van der Waals surface area (Å²) in [6.45, 7) is 7.19. The third-order valence-electron chi connectivity index (χ3n) is 3.48. The first-order chi connectivity index (χ1) is 10.6. The molecule has 114 valence electrons. The highest BCUT2D eigenvalue weighted by Gasteiger charge is 2.07. The lowest BCUT2D eigenvalue weighted by molar-refractivity contribution is 0.443. The number of nitrogens with one attached hydrogen (secondary N) is 1. The van der Waals surface area contributed by atoms with E-state index in [0.717, 1.165) is 17.1 Å². The normalized spacial score (nSPS) is 10.9. The molecule has 0 spiro atoms.